The van der Waals surface area contributed by atoms with E-state index >= 15 is 0 Å². The van der Waals surface area contributed by atoms with E-state index in [9.17, 15) is 19.3 Å². The molecule has 0 aliphatic carbocycles. The molecule has 0 bridgehead atoms. The molecular formula is C20H19FN4O3S. The van der Waals surface area contributed by atoms with E-state index in [1.54, 1.807) is 61.3 Å². The van der Waals surface area contributed by atoms with Crippen molar-refractivity contribution in [2.24, 2.45) is 7.05 Å². The van der Waals surface area contributed by atoms with Gasteiger partial charge < -0.3 is 9.88 Å². The van der Waals surface area contributed by atoms with Crippen LogP contribution in [0.3, 0.4) is 0 Å². The zero-order chi connectivity index (χ0) is 21.0. The summed E-state index contributed by atoms with van der Waals surface area (Å²) in [6.45, 7) is 1.72. The highest BCUT2D eigenvalue weighted by Crippen LogP contribution is 2.28. The van der Waals surface area contributed by atoms with Gasteiger partial charge in [0, 0.05) is 42.0 Å². The maximum absolute atomic E-state index is 14.4. The first-order valence-corrected chi connectivity index (χ1v) is 9.68. The van der Waals surface area contributed by atoms with Gasteiger partial charge in [0.1, 0.15) is 17.7 Å². The summed E-state index contributed by atoms with van der Waals surface area (Å²) in [6.07, 6.45) is 3.31. The van der Waals surface area contributed by atoms with Crippen LogP contribution in [0, 0.1) is 15.9 Å². The molecule has 0 spiro atoms. The highest BCUT2D eigenvalue weighted by molar-refractivity contribution is 8.00. The van der Waals surface area contributed by atoms with Gasteiger partial charge in [-0.3, -0.25) is 14.9 Å². The molecule has 1 N–H and O–H groups in total. The van der Waals surface area contributed by atoms with Crippen LogP contribution in [0.1, 0.15) is 24.4 Å². The largest absolute Gasteiger partial charge is 0.341 e. The Hall–Kier alpha value is -3.20. The van der Waals surface area contributed by atoms with E-state index in [1.165, 1.54) is 30.0 Å². The Morgan fingerprint density at radius 1 is 1.24 bits per heavy atom. The fourth-order valence-electron chi connectivity index (χ4n) is 2.81. The first-order chi connectivity index (χ1) is 13.9. The van der Waals surface area contributed by atoms with Gasteiger partial charge in [0.2, 0.25) is 5.91 Å². The van der Waals surface area contributed by atoms with Crippen LogP contribution in [-0.2, 0) is 11.8 Å². The fourth-order valence-corrected chi connectivity index (χ4v) is 3.69. The number of nitrogens with one attached hydrogen (secondary N) is 1. The number of amides is 1. The van der Waals surface area contributed by atoms with E-state index in [2.05, 4.69) is 10.3 Å². The van der Waals surface area contributed by atoms with Crippen LogP contribution in [0.2, 0.25) is 0 Å². The zero-order valence-electron chi connectivity index (χ0n) is 15.8. The first-order valence-electron chi connectivity index (χ1n) is 8.80. The molecule has 3 aromatic rings. The molecule has 1 heterocycles. The SMILES string of the molecule is CC(Sc1ccc([N+](=O)[O-])cc1)C(=O)NC(c1ccccc1F)c1nccn1C. The number of non-ortho nitro benzene ring substituents is 1. The minimum atomic E-state index is -0.747. The second kappa shape index (κ2) is 8.87. The van der Waals surface area contributed by atoms with Crippen molar-refractivity contribution in [3.63, 3.8) is 0 Å². The van der Waals surface area contributed by atoms with E-state index in [0.717, 1.165) is 4.90 Å². The van der Waals surface area contributed by atoms with Crippen LogP contribution in [0.25, 0.3) is 0 Å². The number of imidazole rings is 1. The van der Waals surface area contributed by atoms with Crippen LogP contribution in [0.15, 0.2) is 65.8 Å². The Morgan fingerprint density at radius 3 is 2.52 bits per heavy atom. The number of aryl methyl sites for hydroxylation is 1. The van der Waals surface area contributed by atoms with Gasteiger partial charge in [-0.1, -0.05) is 18.2 Å². The number of hydrogen-bond acceptors (Lipinski definition) is 5. The molecule has 0 fully saturated rings. The molecule has 0 saturated carbocycles. The van der Waals surface area contributed by atoms with Gasteiger partial charge in [0.15, 0.2) is 0 Å². The van der Waals surface area contributed by atoms with Crippen molar-refractivity contribution in [3.8, 4) is 0 Å². The van der Waals surface area contributed by atoms with Crippen molar-refractivity contribution >= 4 is 23.4 Å². The monoisotopic (exact) mass is 414 g/mol. The summed E-state index contributed by atoms with van der Waals surface area (Å²) >= 11 is 1.26. The Balaban J connectivity index is 1.78. The third-order valence-electron chi connectivity index (χ3n) is 4.35. The summed E-state index contributed by atoms with van der Waals surface area (Å²) in [6, 6.07) is 11.5. The predicted octanol–water partition coefficient (Wildman–Crippen LogP) is 3.85. The average Bonchev–Trinajstić information content (AvgIpc) is 3.12. The molecule has 2 unspecified atom stereocenters. The lowest BCUT2D eigenvalue weighted by atomic mass is 10.1. The van der Waals surface area contributed by atoms with Gasteiger partial charge in [0.25, 0.3) is 5.69 Å². The molecule has 0 aliphatic heterocycles. The summed E-state index contributed by atoms with van der Waals surface area (Å²) in [4.78, 5) is 28.1. The van der Waals surface area contributed by atoms with Crippen molar-refractivity contribution < 1.29 is 14.1 Å². The average molecular weight is 414 g/mol. The summed E-state index contributed by atoms with van der Waals surface area (Å²) < 4.78 is 16.1. The van der Waals surface area contributed by atoms with Crippen LogP contribution in [0.5, 0.6) is 0 Å². The number of benzene rings is 2. The van der Waals surface area contributed by atoms with Gasteiger partial charge in [-0.2, -0.15) is 0 Å². The Bertz CT molecular complexity index is 1020. The molecule has 3 rings (SSSR count). The number of aromatic nitrogens is 2. The molecule has 1 amide bonds. The van der Waals surface area contributed by atoms with Gasteiger partial charge in [-0.15, -0.1) is 11.8 Å². The Labute approximate surface area is 171 Å². The summed E-state index contributed by atoms with van der Waals surface area (Å²) in [5, 5.41) is 13.1. The highest BCUT2D eigenvalue weighted by Gasteiger charge is 2.26. The fraction of sp³-hybridized carbons (Fsp3) is 0.200. The molecule has 1 aromatic heterocycles. The number of rotatable bonds is 7. The standard InChI is InChI=1S/C20H19FN4O3S/c1-13(29-15-9-7-14(8-10-15)25(27)28)20(26)23-18(19-22-11-12-24(19)2)16-5-3-4-6-17(16)21/h3-13,18H,1-2H3,(H,23,26). The highest BCUT2D eigenvalue weighted by atomic mass is 32.2. The normalized spacial score (nSPS) is 12.9. The lowest BCUT2D eigenvalue weighted by Gasteiger charge is -2.21. The number of nitrogens with zero attached hydrogens (tertiary/aromatic N) is 3. The Morgan fingerprint density at radius 2 is 1.93 bits per heavy atom. The van der Waals surface area contributed by atoms with Gasteiger partial charge in [-0.25, -0.2) is 9.37 Å². The lowest BCUT2D eigenvalue weighted by Crippen LogP contribution is -2.36. The minimum Gasteiger partial charge on any atom is -0.341 e. The molecule has 2 aromatic carbocycles. The van der Waals surface area contributed by atoms with Crippen molar-refractivity contribution in [3.05, 3.63) is 88.2 Å². The van der Waals surface area contributed by atoms with Gasteiger partial charge in [0.05, 0.1) is 10.2 Å². The van der Waals surface area contributed by atoms with E-state index in [1.807, 2.05) is 0 Å². The molecular weight excluding hydrogens is 395 g/mol. The second-order valence-corrected chi connectivity index (χ2v) is 7.78. The molecule has 29 heavy (non-hydrogen) atoms. The maximum atomic E-state index is 14.4. The Kier molecular flexibility index (Phi) is 6.28. The van der Waals surface area contributed by atoms with Crippen molar-refractivity contribution in [2.75, 3.05) is 0 Å². The molecule has 0 radical (unpaired) electrons. The third kappa shape index (κ3) is 4.80. The molecule has 7 nitrogen and oxygen atoms in total. The van der Waals surface area contributed by atoms with Crippen molar-refractivity contribution in [1.29, 1.82) is 0 Å². The number of carbonyl (C=O) groups excluding carboxylic acids is 1. The van der Waals surface area contributed by atoms with Crippen molar-refractivity contribution in [2.45, 2.75) is 23.1 Å². The predicted molar refractivity (Wildman–Crippen MR) is 108 cm³/mol. The quantitative estimate of drug-likeness (QED) is 0.360. The van der Waals surface area contributed by atoms with Crippen LogP contribution in [0.4, 0.5) is 10.1 Å². The number of hydrogen-bond donors (Lipinski definition) is 1. The number of halogens is 1. The molecule has 9 heteroatoms. The molecule has 150 valence electrons. The number of nitro groups is 1. The lowest BCUT2D eigenvalue weighted by molar-refractivity contribution is -0.384. The molecule has 0 aliphatic rings. The minimum absolute atomic E-state index is 0.0131. The van der Waals surface area contributed by atoms with Gasteiger partial charge in [-0.05, 0) is 25.1 Å². The summed E-state index contributed by atoms with van der Waals surface area (Å²) in [5.74, 6) is -0.225. The maximum Gasteiger partial charge on any atom is 0.269 e. The van der Waals surface area contributed by atoms with E-state index in [4.69, 9.17) is 0 Å². The number of nitro benzene ring substituents is 1. The summed E-state index contributed by atoms with van der Waals surface area (Å²) in [7, 11) is 1.78. The van der Waals surface area contributed by atoms with Crippen LogP contribution in [-0.4, -0.2) is 25.6 Å². The smallest absolute Gasteiger partial charge is 0.269 e. The zero-order valence-corrected chi connectivity index (χ0v) is 16.6. The topological polar surface area (TPSA) is 90.1 Å². The van der Waals surface area contributed by atoms with Crippen LogP contribution < -0.4 is 5.32 Å². The van der Waals surface area contributed by atoms with E-state index in [-0.39, 0.29) is 11.6 Å². The molecule has 0 saturated heterocycles. The number of thioether (sulfide) groups is 1. The molecule has 2 atom stereocenters. The number of carbonyl (C=O) groups is 1. The van der Waals surface area contributed by atoms with Gasteiger partial charge >= 0.3 is 0 Å². The van der Waals surface area contributed by atoms with Crippen molar-refractivity contribution in [1.82, 2.24) is 14.9 Å². The summed E-state index contributed by atoms with van der Waals surface area (Å²) in [5.41, 5.74) is 0.309. The second-order valence-electron chi connectivity index (χ2n) is 6.37. The van der Waals surface area contributed by atoms with Crippen LogP contribution >= 0.6 is 11.8 Å². The third-order valence-corrected chi connectivity index (χ3v) is 5.46. The van der Waals surface area contributed by atoms with E-state index < -0.39 is 22.0 Å². The van der Waals surface area contributed by atoms with E-state index in [0.29, 0.717) is 11.4 Å². The first kappa shape index (κ1) is 20.5.